The summed E-state index contributed by atoms with van der Waals surface area (Å²) in [6.45, 7) is 3.92. The van der Waals surface area contributed by atoms with Crippen molar-refractivity contribution in [3.05, 3.63) is 30.1 Å². The van der Waals surface area contributed by atoms with Crippen LogP contribution in [-0.2, 0) is 25.6 Å². The highest BCUT2D eigenvalue weighted by atomic mass is 16.5. The summed E-state index contributed by atoms with van der Waals surface area (Å²) in [5.41, 5.74) is 1.59. The van der Waals surface area contributed by atoms with Crippen LogP contribution in [0.2, 0.25) is 0 Å². The van der Waals surface area contributed by atoms with Gasteiger partial charge in [-0.05, 0) is 26.0 Å². The van der Waals surface area contributed by atoms with E-state index >= 15 is 0 Å². The van der Waals surface area contributed by atoms with Crippen LogP contribution < -0.4 is 5.32 Å². The molecule has 0 saturated heterocycles. The second kappa shape index (κ2) is 7.73. The van der Waals surface area contributed by atoms with Crippen molar-refractivity contribution in [3.8, 4) is 0 Å². The topological polar surface area (TPSA) is 82.5 Å². The minimum absolute atomic E-state index is 0.0254. The van der Waals surface area contributed by atoms with Crippen LogP contribution in [-0.4, -0.2) is 41.8 Å². The van der Waals surface area contributed by atoms with Gasteiger partial charge in [-0.2, -0.15) is 0 Å². The molecular formula is C16H21N3O4. The molecule has 7 nitrogen and oxygen atoms in total. The van der Waals surface area contributed by atoms with Gasteiger partial charge >= 0.3 is 5.97 Å². The number of imidazole rings is 1. The van der Waals surface area contributed by atoms with Crippen molar-refractivity contribution in [2.24, 2.45) is 0 Å². The first-order valence-electron chi connectivity index (χ1n) is 7.45. The number of benzene rings is 1. The Labute approximate surface area is 134 Å². The summed E-state index contributed by atoms with van der Waals surface area (Å²) in [5, 5.41) is 2.80. The maximum absolute atomic E-state index is 11.9. The van der Waals surface area contributed by atoms with Gasteiger partial charge in [0.2, 0.25) is 5.91 Å². The van der Waals surface area contributed by atoms with Gasteiger partial charge in [0.25, 0.3) is 0 Å². The summed E-state index contributed by atoms with van der Waals surface area (Å²) < 4.78 is 11.6. The monoisotopic (exact) mass is 319 g/mol. The third kappa shape index (κ3) is 4.07. The Bertz CT molecular complexity index is 696. The lowest BCUT2D eigenvalue weighted by Gasteiger charge is -2.15. The number of carbonyl (C=O) groups excluding carboxylic acids is 2. The highest BCUT2D eigenvalue weighted by Gasteiger charge is 2.20. The number of methoxy groups -OCH3 is 1. The van der Waals surface area contributed by atoms with Gasteiger partial charge in [0, 0.05) is 7.11 Å². The van der Waals surface area contributed by atoms with E-state index in [9.17, 15) is 9.59 Å². The van der Waals surface area contributed by atoms with E-state index in [2.05, 4.69) is 10.3 Å². The van der Waals surface area contributed by atoms with E-state index in [1.165, 1.54) is 7.11 Å². The molecular weight excluding hydrogens is 298 g/mol. The van der Waals surface area contributed by atoms with Crippen LogP contribution >= 0.6 is 0 Å². The van der Waals surface area contributed by atoms with Gasteiger partial charge < -0.3 is 19.4 Å². The van der Waals surface area contributed by atoms with Crippen LogP contribution in [0.3, 0.4) is 0 Å². The van der Waals surface area contributed by atoms with Crippen LogP contribution in [0, 0.1) is 0 Å². The van der Waals surface area contributed by atoms with E-state index < -0.39 is 0 Å². The molecule has 0 aliphatic carbocycles. The lowest BCUT2D eigenvalue weighted by Crippen LogP contribution is -2.32. The third-order valence-electron chi connectivity index (χ3n) is 3.32. The van der Waals surface area contributed by atoms with Gasteiger partial charge in [-0.3, -0.25) is 9.59 Å². The smallest absolute Gasteiger partial charge is 0.326 e. The molecule has 1 unspecified atom stereocenters. The maximum atomic E-state index is 11.9. The molecule has 1 N–H and O–H groups in total. The fourth-order valence-electron chi connectivity index (χ4n) is 2.41. The Morgan fingerprint density at radius 3 is 2.78 bits per heavy atom. The molecule has 2 rings (SSSR count). The first-order chi connectivity index (χ1) is 11.1. The van der Waals surface area contributed by atoms with E-state index in [0.29, 0.717) is 12.4 Å². The van der Waals surface area contributed by atoms with Crippen molar-refractivity contribution < 1.29 is 19.1 Å². The van der Waals surface area contributed by atoms with Gasteiger partial charge in [0.15, 0.2) is 0 Å². The van der Waals surface area contributed by atoms with Crippen molar-refractivity contribution in [1.29, 1.82) is 0 Å². The molecule has 124 valence electrons. The molecule has 0 saturated carbocycles. The molecule has 2 aromatic rings. The van der Waals surface area contributed by atoms with Crippen LogP contribution in [0.15, 0.2) is 24.3 Å². The molecule has 1 aromatic carbocycles. The summed E-state index contributed by atoms with van der Waals surface area (Å²) >= 11 is 0. The molecule has 1 aromatic heterocycles. The Morgan fingerprint density at radius 1 is 1.35 bits per heavy atom. The number of nitrogens with zero attached hydrogens (tertiary/aromatic N) is 2. The van der Waals surface area contributed by atoms with Gasteiger partial charge in [0.1, 0.15) is 19.0 Å². The number of aromatic nitrogens is 2. The summed E-state index contributed by atoms with van der Waals surface area (Å²) in [7, 11) is 1.46. The van der Waals surface area contributed by atoms with Crippen molar-refractivity contribution in [2.75, 3.05) is 20.3 Å². The zero-order valence-corrected chi connectivity index (χ0v) is 13.5. The predicted octanol–water partition coefficient (Wildman–Crippen LogP) is 1.42. The SMILES string of the molecule is CCOC(=O)Cn1c(C(C)NC(=O)COC)nc2ccccc21. The second-order valence-corrected chi connectivity index (χ2v) is 5.07. The standard InChI is InChI=1S/C16H21N3O4/c1-4-23-15(21)9-19-13-8-6-5-7-12(13)18-16(19)11(2)17-14(20)10-22-3/h5-8,11H,4,9-10H2,1-3H3,(H,17,20). The zero-order valence-electron chi connectivity index (χ0n) is 13.5. The number of amides is 1. The molecule has 23 heavy (non-hydrogen) atoms. The van der Waals surface area contributed by atoms with E-state index in [-0.39, 0.29) is 31.1 Å². The Kier molecular flexibility index (Phi) is 5.70. The number of fused-ring (bicyclic) bond motifs is 1. The number of carbonyl (C=O) groups is 2. The summed E-state index contributed by atoms with van der Waals surface area (Å²) in [6, 6.07) is 7.14. The summed E-state index contributed by atoms with van der Waals surface area (Å²) in [5.74, 6) is 0.0192. The average Bonchev–Trinajstić information content (AvgIpc) is 2.87. The molecule has 7 heteroatoms. The number of rotatable bonds is 7. The number of hydrogen-bond acceptors (Lipinski definition) is 5. The van der Waals surface area contributed by atoms with Crippen LogP contribution in [0.1, 0.15) is 25.7 Å². The molecule has 0 aliphatic heterocycles. The van der Waals surface area contributed by atoms with Crippen molar-refractivity contribution in [3.63, 3.8) is 0 Å². The number of para-hydroxylation sites is 2. The van der Waals surface area contributed by atoms with Crippen molar-refractivity contribution in [1.82, 2.24) is 14.9 Å². The fourth-order valence-corrected chi connectivity index (χ4v) is 2.41. The van der Waals surface area contributed by atoms with Crippen LogP contribution in [0.25, 0.3) is 11.0 Å². The molecule has 0 fully saturated rings. The molecule has 0 radical (unpaired) electrons. The average molecular weight is 319 g/mol. The first-order valence-corrected chi connectivity index (χ1v) is 7.45. The highest BCUT2D eigenvalue weighted by Crippen LogP contribution is 2.21. The van der Waals surface area contributed by atoms with Gasteiger partial charge in [-0.25, -0.2) is 4.98 Å². The largest absolute Gasteiger partial charge is 0.465 e. The van der Waals surface area contributed by atoms with Gasteiger partial charge in [0.05, 0.1) is 23.7 Å². The first kappa shape index (κ1) is 17.0. The highest BCUT2D eigenvalue weighted by molar-refractivity contribution is 5.80. The number of ether oxygens (including phenoxy) is 2. The Balaban J connectivity index is 2.33. The lowest BCUT2D eigenvalue weighted by molar-refractivity contribution is -0.143. The van der Waals surface area contributed by atoms with E-state index in [1.54, 1.807) is 11.5 Å². The molecule has 1 atom stereocenters. The number of esters is 1. The molecule has 0 spiro atoms. The molecule has 1 heterocycles. The maximum Gasteiger partial charge on any atom is 0.326 e. The van der Waals surface area contributed by atoms with Crippen LogP contribution in [0.4, 0.5) is 0 Å². The molecule has 0 bridgehead atoms. The van der Waals surface area contributed by atoms with Gasteiger partial charge in [-0.1, -0.05) is 12.1 Å². The quantitative estimate of drug-likeness (QED) is 0.781. The van der Waals surface area contributed by atoms with E-state index in [1.807, 2.05) is 31.2 Å². The lowest BCUT2D eigenvalue weighted by atomic mass is 10.3. The predicted molar refractivity (Wildman–Crippen MR) is 84.8 cm³/mol. The molecule has 0 aliphatic rings. The van der Waals surface area contributed by atoms with Crippen LogP contribution in [0.5, 0.6) is 0 Å². The summed E-state index contributed by atoms with van der Waals surface area (Å²) in [4.78, 5) is 28.1. The summed E-state index contributed by atoms with van der Waals surface area (Å²) in [6.07, 6.45) is 0. The molecule has 1 amide bonds. The van der Waals surface area contributed by atoms with Gasteiger partial charge in [-0.15, -0.1) is 0 Å². The minimum atomic E-state index is -0.362. The fraction of sp³-hybridized carbons (Fsp3) is 0.438. The van der Waals surface area contributed by atoms with Crippen molar-refractivity contribution >= 4 is 22.9 Å². The number of hydrogen-bond donors (Lipinski definition) is 1. The van der Waals surface area contributed by atoms with E-state index in [0.717, 1.165) is 11.0 Å². The second-order valence-electron chi connectivity index (χ2n) is 5.07. The third-order valence-corrected chi connectivity index (χ3v) is 3.32. The Morgan fingerprint density at radius 2 is 2.09 bits per heavy atom. The van der Waals surface area contributed by atoms with E-state index in [4.69, 9.17) is 9.47 Å². The van der Waals surface area contributed by atoms with Crippen molar-refractivity contribution in [2.45, 2.75) is 26.4 Å². The normalized spacial score (nSPS) is 12.1. The zero-order chi connectivity index (χ0) is 16.8. The Hall–Kier alpha value is -2.41. The number of nitrogens with one attached hydrogen (secondary N) is 1. The minimum Gasteiger partial charge on any atom is -0.465 e.